The molecule has 0 amide bonds. The maximum absolute atomic E-state index is 12.9. The van der Waals surface area contributed by atoms with Crippen LogP contribution in [0.5, 0.6) is 0 Å². The number of benzene rings is 2. The zero-order valence-corrected chi connectivity index (χ0v) is 12.8. The van der Waals surface area contributed by atoms with Gasteiger partial charge in [0.1, 0.15) is 5.82 Å². The number of hydrogen-bond donors (Lipinski definition) is 1. The van der Waals surface area contributed by atoms with Crippen molar-refractivity contribution in [3.63, 3.8) is 0 Å². The second-order valence-electron chi connectivity index (χ2n) is 5.13. The van der Waals surface area contributed by atoms with Gasteiger partial charge < -0.3 is 0 Å². The Hall–Kier alpha value is -1.72. The van der Waals surface area contributed by atoms with Crippen LogP contribution in [0.15, 0.2) is 53.4 Å². The minimum Gasteiger partial charge on any atom is -0.207 e. The average molecular weight is 307 g/mol. The van der Waals surface area contributed by atoms with E-state index in [9.17, 15) is 12.8 Å². The lowest BCUT2D eigenvalue weighted by molar-refractivity contribution is 0.580. The van der Waals surface area contributed by atoms with Gasteiger partial charge >= 0.3 is 0 Å². The average Bonchev–Trinajstić information content (AvgIpc) is 2.46. The maximum atomic E-state index is 12.9. The molecule has 2 rings (SSSR count). The first-order valence-corrected chi connectivity index (χ1v) is 8.21. The van der Waals surface area contributed by atoms with Crippen molar-refractivity contribution < 1.29 is 12.8 Å². The van der Waals surface area contributed by atoms with Crippen LogP contribution >= 0.6 is 0 Å². The monoisotopic (exact) mass is 307 g/mol. The zero-order valence-electron chi connectivity index (χ0n) is 12.0. The van der Waals surface area contributed by atoms with Gasteiger partial charge in [-0.05, 0) is 41.3 Å². The summed E-state index contributed by atoms with van der Waals surface area (Å²) in [5, 5.41) is 0. The second-order valence-corrected chi connectivity index (χ2v) is 6.90. The smallest absolute Gasteiger partial charge is 0.207 e. The summed E-state index contributed by atoms with van der Waals surface area (Å²) in [6.07, 6.45) is 0. The highest BCUT2D eigenvalue weighted by atomic mass is 32.2. The fraction of sp³-hybridized carbons (Fsp3) is 0.250. The second kappa shape index (κ2) is 6.37. The van der Waals surface area contributed by atoms with Crippen molar-refractivity contribution in [2.24, 2.45) is 0 Å². The SMILES string of the molecule is CC(C)c1ccccc1CNS(=O)(=O)c1ccc(F)cc1. The Kier molecular flexibility index (Phi) is 4.75. The van der Waals surface area contributed by atoms with Gasteiger partial charge in [0, 0.05) is 6.54 Å². The predicted octanol–water partition coefficient (Wildman–Crippen LogP) is 3.43. The largest absolute Gasteiger partial charge is 0.240 e. The van der Waals surface area contributed by atoms with Crippen LogP contribution in [0.4, 0.5) is 4.39 Å². The molecule has 0 spiro atoms. The maximum Gasteiger partial charge on any atom is 0.240 e. The third-order valence-electron chi connectivity index (χ3n) is 3.25. The third-order valence-corrected chi connectivity index (χ3v) is 4.67. The molecule has 0 aliphatic carbocycles. The van der Waals surface area contributed by atoms with Crippen LogP contribution in [-0.4, -0.2) is 8.42 Å². The van der Waals surface area contributed by atoms with E-state index >= 15 is 0 Å². The Labute approximate surface area is 124 Å². The van der Waals surface area contributed by atoms with Crippen molar-refractivity contribution in [2.45, 2.75) is 31.2 Å². The number of hydrogen-bond acceptors (Lipinski definition) is 2. The summed E-state index contributed by atoms with van der Waals surface area (Å²) in [7, 11) is -3.63. The molecule has 3 nitrogen and oxygen atoms in total. The predicted molar refractivity (Wildman–Crippen MR) is 81.0 cm³/mol. The molecule has 2 aromatic rings. The first-order chi connectivity index (χ1) is 9.90. The molecule has 0 fully saturated rings. The molecule has 0 unspecified atom stereocenters. The topological polar surface area (TPSA) is 46.2 Å². The number of halogens is 1. The van der Waals surface area contributed by atoms with Crippen molar-refractivity contribution in [2.75, 3.05) is 0 Å². The lowest BCUT2D eigenvalue weighted by atomic mass is 9.97. The van der Waals surface area contributed by atoms with Crippen LogP contribution in [0.3, 0.4) is 0 Å². The summed E-state index contributed by atoms with van der Waals surface area (Å²) in [5.74, 6) is -0.143. The van der Waals surface area contributed by atoms with Crippen LogP contribution in [-0.2, 0) is 16.6 Å². The molecular weight excluding hydrogens is 289 g/mol. The van der Waals surface area contributed by atoms with E-state index in [0.29, 0.717) is 5.92 Å². The summed E-state index contributed by atoms with van der Waals surface area (Å²) in [6.45, 7) is 4.34. The Bertz CT molecular complexity index is 709. The van der Waals surface area contributed by atoms with Gasteiger partial charge in [-0.25, -0.2) is 17.5 Å². The minimum absolute atomic E-state index is 0.0610. The third kappa shape index (κ3) is 3.89. The molecule has 0 aromatic heterocycles. The number of rotatable bonds is 5. The lowest BCUT2D eigenvalue weighted by Gasteiger charge is -2.13. The van der Waals surface area contributed by atoms with Crippen LogP contribution in [0.1, 0.15) is 30.9 Å². The first kappa shape index (κ1) is 15.7. The molecule has 5 heteroatoms. The molecule has 21 heavy (non-hydrogen) atoms. The fourth-order valence-electron chi connectivity index (χ4n) is 2.13. The van der Waals surface area contributed by atoms with Gasteiger partial charge in [-0.15, -0.1) is 0 Å². The summed E-state index contributed by atoms with van der Waals surface area (Å²) < 4.78 is 39.7. The molecular formula is C16H18FNO2S. The van der Waals surface area contributed by atoms with Crippen LogP contribution in [0.25, 0.3) is 0 Å². The Morgan fingerprint density at radius 3 is 2.29 bits per heavy atom. The fourth-order valence-corrected chi connectivity index (χ4v) is 3.13. The summed E-state index contributed by atoms with van der Waals surface area (Å²) in [4.78, 5) is 0.0610. The van der Waals surface area contributed by atoms with Gasteiger partial charge in [-0.1, -0.05) is 38.1 Å². The van der Waals surface area contributed by atoms with Crippen LogP contribution in [0.2, 0.25) is 0 Å². The number of nitrogens with one attached hydrogen (secondary N) is 1. The van der Waals surface area contributed by atoms with E-state index in [0.717, 1.165) is 23.3 Å². The summed E-state index contributed by atoms with van der Waals surface area (Å²) in [5.41, 5.74) is 2.05. The molecule has 0 radical (unpaired) electrons. The van der Waals surface area contributed by atoms with Crippen LogP contribution in [0, 0.1) is 5.82 Å². The van der Waals surface area contributed by atoms with E-state index < -0.39 is 15.8 Å². The van der Waals surface area contributed by atoms with E-state index in [2.05, 4.69) is 18.6 Å². The molecule has 0 atom stereocenters. The van der Waals surface area contributed by atoms with Gasteiger partial charge in [0.25, 0.3) is 0 Å². The molecule has 0 aliphatic rings. The standard InChI is InChI=1S/C16H18FNO2S/c1-12(2)16-6-4-3-5-13(16)11-18-21(19,20)15-9-7-14(17)8-10-15/h3-10,12,18H,11H2,1-2H3. The van der Waals surface area contributed by atoms with E-state index in [-0.39, 0.29) is 11.4 Å². The molecule has 1 N–H and O–H groups in total. The van der Waals surface area contributed by atoms with E-state index in [1.54, 1.807) is 0 Å². The normalized spacial score (nSPS) is 11.8. The molecule has 0 bridgehead atoms. The highest BCUT2D eigenvalue weighted by Gasteiger charge is 2.15. The Morgan fingerprint density at radius 1 is 1.05 bits per heavy atom. The highest BCUT2D eigenvalue weighted by Crippen LogP contribution is 2.19. The molecule has 0 heterocycles. The minimum atomic E-state index is -3.63. The van der Waals surface area contributed by atoms with Gasteiger partial charge in [0.15, 0.2) is 0 Å². The summed E-state index contributed by atoms with van der Waals surface area (Å²) in [6, 6.07) is 12.5. The lowest BCUT2D eigenvalue weighted by Crippen LogP contribution is -2.24. The highest BCUT2D eigenvalue weighted by molar-refractivity contribution is 7.89. The van der Waals surface area contributed by atoms with Crippen molar-refractivity contribution in [1.29, 1.82) is 0 Å². The summed E-state index contributed by atoms with van der Waals surface area (Å²) >= 11 is 0. The van der Waals surface area contributed by atoms with E-state index in [1.165, 1.54) is 12.1 Å². The van der Waals surface area contributed by atoms with E-state index in [4.69, 9.17) is 0 Å². The molecule has 112 valence electrons. The Morgan fingerprint density at radius 2 is 1.67 bits per heavy atom. The van der Waals surface area contributed by atoms with Gasteiger partial charge in [-0.3, -0.25) is 0 Å². The van der Waals surface area contributed by atoms with Crippen molar-refractivity contribution in [3.8, 4) is 0 Å². The Balaban J connectivity index is 2.18. The number of sulfonamides is 1. The van der Waals surface area contributed by atoms with Crippen molar-refractivity contribution in [1.82, 2.24) is 4.72 Å². The van der Waals surface area contributed by atoms with Crippen molar-refractivity contribution >= 4 is 10.0 Å². The van der Waals surface area contributed by atoms with Gasteiger partial charge in [0.05, 0.1) is 4.90 Å². The first-order valence-electron chi connectivity index (χ1n) is 6.73. The van der Waals surface area contributed by atoms with Gasteiger partial charge in [-0.2, -0.15) is 0 Å². The van der Waals surface area contributed by atoms with Crippen molar-refractivity contribution in [3.05, 3.63) is 65.5 Å². The van der Waals surface area contributed by atoms with Gasteiger partial charge in [0.2, 0.25) is 10.0 Å². The molecule has 0 saturated heterocycles. The van der Waals surface area contributed by atoms with Crippen LogP contribution < -0.4 is 4.72 Å². The quantitative estimate of drug-likeness (QED) is 0.920. The molecule has 2 aromatic carbocycles. The molecule has 0 aliphatic heterocycles. The molecule has 0 saturated carbocycles. The zero-order chi connectivity index (χ0) is 15.5. The van der Waals surface area contributed by atoms with E-state index in [1.807, 2.05) is 24.3 Å².